The van der Waals surface area contributed by atoms with Gasteiger partial charge in [-0.25, -0.2) is 0 Å². The van der Waals surface area contributed by atoms with Crippen LogP contribution < -0.4 is 5.32 Å². The van der Waals surface area contributed by atoms with Crippen LogP contribution in [-0.4, -0.2) is 59.7 Å². The normalized spacial score (nSPS) is 27.5. The summed E-state index contributed by atoms with van der Waals surface area (Å²) >= 11 is 0. The molecule has 2 rings (SSSR count). The Hall–Kier alpha value is -1.43. The van der Waals surface area contributed by atoms with Gasteiger partial charge in [-0.2, -0.15) is 0 Å². The highest BCUT2D eigenvalue weighted by Gasteiger charge is 2.58. The van der Waals surface area contributed by atoms with Crippen molar-refractivity contribution in [2.24, 2.45) is 23.2 Å². The number of rotatable bonds is 8. The Morgan fingerprint density at radius 1 is 1.26 bits per heavy atom. The average molecular weight is 380 g/mol. The molecule has 0 heterocycles. The third-order valence-electron chi connectivity index (χ3n) is 6.75. The van der Waals surface area contributed by atoms with Crippen LogP contribution in [0.3, 0.4) is 0 Å². The van der Waals surface area contributed by atoms with Gasteiger partial charge in [-0.3, -0.25) is 14.5 Å². The molecule has 2 fully saturated rings. The van der Waals surface area contributed by atoms with Crippen LogP contribution in [0.5, 0.6) is 0 Å². The van der Waals surface area contributed by atoms with Crippen LogP contribution >= 0.6 is 0 Å². The summed E-state index contributed by atoms with van der Waals surface area (Å²) in [7, 11) is 3.71. The molecular weight excluding hydrogens is 342 g/mol. The SMILES string of the molecule is CC(C)C(C)(C=O)NC(=O)C1(N(C)CN(C)C(=O)[C@H]2C[C@H]2C)CC(C)(C)C1. The molecule has 0 radical (unpaired) electrons. The van der Waals surface area contributed by atoms with Crippen molar-refractivity contribution < 1.29 is 14.4 Å². The predicted molar refractivity (Wildman–Crippen MR) is 106 cm³/mol. The van der Waals surface area contributed by atoms with Crippen molar-refractivity contribution in [3.63, 3.8) is 0 Å². The van der Waals surface area contributed by atoms with Crippen molar-refractivity contribution in [3.05, 3.63) is 0 Å². The molecule has 0 saturated heterocycles. The van der Waals surface area contributed by atoms with E-state index in [0.717, 1.165) is 12.7 Å². The Kier molecular flexibility index (Phi) is 5.82. The first-order chi connectivity index (χ1) is 12.3. The van der Waals surface area contributed by atoms with Gasteiger partial charge in [-0.1, -0.05) is 34.6 Å². The molecule has 0 aliphatic heterocycles. The van der Waals surface area contributed by atoms with Crippen molar-refractivity contribution in [2.75, 3.05) is 20.8 Å². The summed E-state index contributed by atoms with van der Waals surface area (Å²) in [4.78, 5) is 41.1. The quantitative estimate of drug-likeness (QED) is 0.519. The molecule has 3 atom stereocenters. The number of carbonyl (C=O) groups excluding carboxylic acids is 3. The molecule has 0 aromatic heterocycles. The topological polar surface area (TPSA) is 69.7 Å². The largest absolute Gasteiger partial charge is 0.342 e. The summed E-state index contributed by atoms with van der Waals surface area (Å²) in [6, 6.07) is 0. The fraction of sp³-hybridized carbons (Fsp3) is 0.857. The van der Waals surface area contributed by atoms with E-state index in [9.17, 15) is 14.4 Å². The van der Waals surface area contributed by atoms with Gasteiger partial charge < -0.3 is 15.0 Å². The maximum atomic E-state index is 13.3. The third-order valence-corrected chi connectivity index (χ3v) is 6.75. The summed E-state index contributed by atoms with van der Waals surface area (Å²) in [5.41, 5.74) is -1.52. The summed E-state index contributed by atoms with van der Waals surface area (Å²) < 4.78 is 0. The van der Waals surface area contributed by atoms with Crippen LogP contribution in [0.4, 0.5) is 0 Å². The standard InChI is InChI=1S/C21H37N3O3/c1-14(2)20(6,12-25)22-18(27)21(10-19(4,5)11-21)24(8)13-23(7)17(26)16-9-15(16)3/h12,14-16H,9-11,13H2,1-8H3,(H,22,27)/t15-,16+,20?/m1/s1. The maximum absolute atomic E-state index is 13.3. The lowest BCUT2D eigenvalue weighted by molar-refractivity contribution is -0.157. The van der Waals surface area contributed by atoms with E-state index in [-0.39, 0.29) is 29.1 Å². The van der Waals surface area contributed by atoms with Crippen molar-refractivity contribution >= 4 is 18.1 Å². The molecule has 0 aromatic rings. The highest BCUT2D eigenvalue weighted by Crippen LogP contribution is 2.51. The van der Waals surface area contributed by atoms with Crippen LogP contribution in [0, 0.1) is 23.2 Å². The first-order valence-corrected chi connectivity index (χ1v) is 10.0. The molecule has 2 aliphatic rings. The number of likely N-dealkylation sites (N-methyl/N-ethyl adjacent to an activating group) is 1. The van der Waals surface area contributed by atoms with E-state index in [2.05, 4.69) is 26.1 Å². The number of aldehydes is 1. The van der Waals surface area contributed by atoms with E-state index in [1.54, 1.807) is 11.8 Å². The van der Waals surface area contributed by atoms with E-state index < -0.39 is 11.1 Å². The molecule has 154 valence electrons. The molecule has 0 bridgehead atoms. The lowest BCUT2D eigenvalue weighted by Gasteiger charge is -2.57. The lowest BCUT2D eigenvalue weighted by atomic mass is 9.58. The minimum atomic E-state index is -0.893. The molecule has 2 aliphatic carbocycles. The number of nitrogens with one attached hydrogen (secondary N) is 1. The summed E-state index contributed by atoms with van der Waals surface area (Å²) in [6.45, 7) is 12.4. The molecule has 2 saturated carbocycles. The lowest BCUT2D eigenvalue weighted by Crippen LogP contribution is -2.71. The van der Waals surface area contributed by atoms with Gasteiger partial charge in [-0.05, 0) is 50.5 Å². The van der Waals surface area contributed by atoms with Gasteiger partial charge in [0.05, 0.1) is 12.2 Å². The predicted octanol–water partition coefficient (Wildman–Crippen LogP) is 2.28. The molecule has 6 heteroatoms. The summed E-state index contributed by atoms with van der Waals surface area (Å²) in [5.74, 6) is 0.626. The zero-order valence-electron chi connectivity index (χ0n) is 18.3. The second kappa shape index (κ2) is 7.19. The van der Waals surface area contributed by atoms with Gasteiger partial charge in [-0.15, -0.1) is 0 Å². The van der Waals surface area contributed by atoms with Crippen molar-refractivity contribution in [3.8, 4) is 0 Å². The highest BCUT2D eigenvalue weighted by atomic mass is 16.2. The molecule has 0 spiro atoms. The molecular formula is C21H37N3O3. The Labute approximate surface area is 164 Å². The zero-order valence-corrected chi connectivity index (χ0v) is 18.3. The maximum Gasteiger partial charge on any atom is 0.241 e. The Morgan fingerprint density at radius 3 is 2.15 bits per heavy atom. The van der Waals surface area contributed by atoms with Gasteiger partial charge in [0.1, 0.15) is 11.8 Å². The van der Waals surface area contributed by atoms with Gasteiger partial charge in [0.15, 0.2) is 0 Å². The second-order valence-corrected chi connectivity index (χ2v) is 10.3. The van der Waals surface area contributed by atoms with Gasteiger partial charge >= 0.3 is 0 Å². The Bertz CT molecular complexity index is 608. The van der Waals surface area contributed by atoms with Crippen LogP contribution in [0.15, 0.2) is 0 Å². The van der Waals surface area contributed by atoms with Crippen molar-refractivity contribution in [1.82, 2.24) is 15.1 Å². The van der Waals surface area contributed by atoms with E-state index in [1.807, 2.05) is 32.8 Å². The first-order valence-electron chi connectivity index (χ1n) is 10.0. The smallest absolute Gasteiger partial charge is 0.241 e. The van der Waals surface area contributed by atoms with Gasteiger partial charge in [0.2, 0.25) is 11.8 Å². The zero-order chi connectivity index (χ0) is 20.8. The van der Waals surface area contributed by atoms with Crippen LogP contribution in [-0.2, 0) is 14.4 Å². The number of amides is 2. The van der Waals surface area contributed by atoms with Crippen LogP contribution in [0.1, 0.15) is 60.8 Å². The molecule has 1 N–H and O–H groups in total. The Morgan fingerprint density at radius 2 is 1.78 bits per heavy atom. The number of carbonyl (C=O) groups is 3. The third kappa shape index (κ3) is 4.20. The molecule has 2 amide bonds. The molecule has 1 unspecified atom stereocenters. The van der Waals surface area contributed by atoms with Crippen molar-refractivity contribution in [1.29, 1.82) is 0 Å². The minimum Gasteiger partial charge on any atom is -0.342 e. The molecule has 27 heavy (non-hydrogen) atoms. The highest BCUT2D eigenvalue weighted by molar-refractivity contribution is 5.91. The average Bonchev–Trinajstić information content (AvgIpc) is 3.27. The van der Waals surface area contributed by atoms with Crippen LogP contribution in [0.25, 0.3) is 0 Å². The van der Waals surface area contributed by atoms with E-state index in [1.165, 1.54) is 0 Å². The number of nitrogens with zero attached hydrogens (tertiary/aromatic N) is 2. The number of hydrogen-bond donors (Lipinski definition) is 1. The molecule has 0 aromatic carbocycles. The molecule has 6 nitrogen and oxygen atoms in total. The van der Waals surface area contributed by atoms with Crippen molar-refractivity contribution in [2.45, 2.75) is 71.9 Å². The summed E-state index contributed by atoms with van der Waals surface area (Å²) in [6.07, 6.45) is 3.20. The summed E-state index contributed by atoms with van der Waals surface area (Å²) in [5, 5.41) is 3.00. The fourth-order valence-corrected chi connectivity index (χ4v) is 4.28. The monoisotopic (exact) mass is 379 g/mol. The second-order valence-electron chi connectivity index (χ2n) is 10.3. The first kappa shape index (κ1) is 21.9. The fourth-order valence-electron chi connectivity index (χ4n) is 4.28. The van der Waals surface area contributed by atoms with E-state index in [0.29, 0.717) is 25.4 Å². The van der Waals surface area contributed by atoms with Crippen LogP contribution in [0.2, 0.25) is 0 Å². The van der Waals surface area contributed by atoms with Gasteiger partial charge in [0, 0.05) is 13.0 Å². The minimum absolute atomic E-state index is 0.00463. The Balaban J connectivity index is 2.14. The number of hydrogen-bond acceptors (Lipinski definition) is 4. The van der Waals surface area contributed by atoms with Gasteiger partial charge in [0.25, 0.3) is 0 Å². The van der Waals surface area contributed by atoms with E-state index in [4.69, 9.17) is 0 Å². The van der Waals surface area contributed by atoms with E-state index >= 15 is 0 Å².